The van der Waals surface area contributed by atoms with Crippen LogP contribution in [0, 0.1) is 28.4 Å². The number of ether oxygens (including phenoxy) is 1. The monoisotopic (exact) mass is 333 g/mol. The Balaban J connectivity index is 2.43. The van der Waals surface area contributed by atoms with E-state index in [-0.39, 0.29) is 22.9 Å². The van der Waals surface area contributed by atoms with Crippen LogP contribution in [0.2, 0.25) is 0 Å². The highest BCUT2D eigenvalue weighted by molar-refractivity contribution is 9.10. The van der Waals surface area contributed by atoms with Gasteiger partial charge in [0.25, 0.3) is 0 Å². The van der Waals surface area contributed by atoms with Gasteiger partial charge in [0.2, 0.25) is 11.6 Å². The summed E-state index contributed by atoms with van der Waals surface area (Å²) in [6.07, 6.45) is 1.59. The van der Waals surface area contributed by atoms with E-state index in [1.165, 1.54) is 12.1 Å². The molecule has 2 rings (SSSR count). The van der Waals surface area contributed by atoms with Gasteiger partial charge < -0.3 is 4.74 Å². The van der Waals surface area contributed by atoms with E-state index in [1.807, 2.05) is 13.0 Å². The Morgan fingerprint density at radius 2 is 2.20 bits per heavy atom. The zero-order valence-corrected chi connectivity index (χ0v) is 11.9. The second-order valence-corrected chi connectivity index (χ2v) is 4.81. The molecule has 6 nitrogen and oxygen atoms in total. The van der Waals surface area contributed by atoms with Crippen molar-refractivity contribution < 1.29 is 9.66 Å². The lowest BCUT2D eigenvalue weighted by Gasteiger charge is -2.07. The van der Waals surface area contributed by atoms with Crippen LogP contribution in [0.1, 0.15) is 11.1 Å². The summed E-state index contributed by atoms with van der Waals surface area (Å²) in [5.74, 6) is 0.259. The molecular weight excluding hydrogens is 326 g/mol. The maximum Gasteiger partial charge on any atom is 0.312 e. The van der Waals surface area contributed by atoms with E-state index >= 15 is 0 Å². The van der Waals surface area contributed by atoms with Crippen molar-refractivity contribution in [3.63, 3.8) is 0 Å². The molecule has 0 saturated carbocycles. The molecule has 2 aromatic rings. The SMILES string of the molecule is Cc1cnc(Oc2ccc(C#N)cc2[N+](=O)[O-])c(Br)c1. The number of nitrogens with zero attached hydrogens (tertiary/aromatic N) is 3. The highest BCUT2D eigenvalue weighted by Crippen LogP contribution is 2.34. The van der Waals surface area contributed by atoms with Gasteiger partial charge in [0.15, 0.2) is 0 Å². The molecule has 0 atom stereocenters. The maximum atomic E-state index is 11.0. The number of benzene rings is 1. The van der Waals surface area contributed by atoms with Crippen molar-refractivity contribution in [2.24, 2.45) is 0 Å². The first-order valence-corrected chi connectivity index (χ1v) is 6.29. The molecular formula is C13H8BrN3O3. The van der Waals surface area contributed by atoms with Gasteiger partial charge in [-0.25, -0.2) is 4.98 Å². The van der Waals surface area contributed by atoms with Gasteiger partial charge in [0, 0.05) is 12.3 Å². The number of nitro benzene ring substituents is 1. The smallest absolute Gasteiger partial charge is 0.312 e. The minimum absolute atomic E-state index is 0.0334. The van der Waals surface area contributed by atoms with Crippen LogP contribution in [0.15, 0.2) is 34.9 Å². The molecule has 0 bridgehead atoms. The number of aryl methyl sites for hydroxylation is 1. The fourth-order valence-corrected chi connectivity index (χ4v) is 2.06. The third kappa shape index (κ3) is 2.92. The molecule has 0 radical (unpaired) electrons. The Hall–Kier alpha value is -2.46. The average Bonchev–Trinajstić information content (AvgIpc) is 2.42. The second-order valence-electron chi connectivity index (χ2n) is 3.95. The normalized spacial score (nSPS) is 9.85. The zero-order valence-electron chi connectivity index (χ0n) is 10.3. The molecule has 7 heteroatoms. The minimum Gasteiger partial charge on any atom is -0.431 e. The molecule has 0 N–H and O–H groups in total. The molecule has 0 amide bonds. The molecule has 0 aliphatic carbocycles. The molecule has 1 heterocycles. The largest absolute Gasteiger partial charge is 0.431 e. The zero-order chi connectivity index (χ0) is 14.7. The molecule has 0 unspecified atom stereocenters. The van der Waals surface area contributed by atoms with Crippen LogP contribution in [-0.4, -0.2) is 9.91 Å². The minimum atomic E-state index is -0.599. The van der Waals surface area contributed by atoms with E-state index in [0.29, 0.717) is 4.47 Å². The maximum absolute atomic E-state index is 11.0. The standard InChI is InChI=1S/C13H8BrN3O3/c1-8-4-10(14)13(16-7-8)20-12-3-2-9(6-15)5-11(12)17(18)19/h2-5,7H,1H3. The van der Waals surface area contributed by atoms with Crippen molar-refractivity contribution in [2.45, 2.75) is 6.92 Å². The Kier molecular flexibility index (Phi) is 3.96. The highest BCUT2D eigenvalue weighted by atomic mass is 79.9. The summed E-state index contributed by atoms with van der Waals surface area (Å²) in [5.41, 5.74) is 0.844. The third-order valence-corrected chi connectivity index (χ3v) is 3.00. The van der Waals surface area contributed by atoms with Crippen molar-refractivity contribution in [3.05, 3.63) is 56.2 Å². The van der Waals surface area contributed by atoms with Crippen molar-refractivity contribution in [1.29, 1.82) is 5.26 Å². The van der Waals surface area contributed by atoms with Crippen molar-refractivity contribution in [1.82, 2.24) is 4.98 Å². The van der Waals surface area contributed by atoms with Crippen LogP contribution in [-0.2, 0) is 0 Å². The molecule has 0 fully saturated rings. The Labute approximate surface area is 122 Å². The molecule has 0 aliphatic heterocycles. The number of hydrogen-bond acceptors (Lipinski definition) is 5. The van der Waals surface area contributed by atoms with Crippen molar-refractivity contribution in [3.8, 4) is 17.7 Å². The summed E-state index contributed by atoms with van der Waals surface area (Å²) in [6, 6.07) is 7.63. The first-order valence-electron chi connectivity index (χ1n) is 5.50. The Morgan fingerprint density at radius 3 is 2.80 bits per heavy atom. The number of halogens is 1. The number of pyridine rings is 1. The van der Waals surface area contributed by atoms with E-state index in [9.17, 15) is 10.1 Å². The van der Waals surface area contributed by atoms with E-state index in [0.717, 1.165) is 11.6 Å². The number of aromatic nitrogens is 1. The summed E-state index contributed by atoms with van der Waals surface area (Å²) in [7, 11) is 0. The predicted molar refractivity (Wildman–Crippen MR) is 74.6 cm³/mol. The van der Waals surface area contributed by atoms with Gasteiger partial charge in [-0.15, -0.1) is 0 Å². The summed E-state index contributed by atoms with van der Waals surface area (Å²) < 4.78 is 6.04. The van der Waals surface area contributed by atoms with Crippen LogP contribution in [0.25, 0.3) is 0 Å². The fourth-order valence-electron chi connectivity index (χ4n) is 1.52. The molecule has 0 aliphatic rings. The van der Waals surface area contributed by atoms with E-state index in [4.69, 9.17) is 10.00 Å². The molecule has 100 valence electrons. The number of hydrogen-bond donors (Lipinski definition) is 0. The van der Waals surface area contributed by atoms with Crippen LogP contribution >= 0.6 is 15.9 Å². The molecule has 0 spiro atoms. The van der Waals surface area contributed by atoms with Gasteiger partial charge in [-0.2, -0.15) is 5.26 Å². The fraction of sp³-hybridized carbons (Fsp3) is 0.0769. The van der Waals surface area contributed by atoms with Crippen LogP contribution in [0.3, 0.4) is 0 Å². The van der Waals surface area contributed by atoms with Gasteiger partial charge in [-0.1, -0.05) is 0 Å². The van der Waals surface area contributed by atoms with Crippen molar-refractivity contribution in [2.75, 3.05) is 0 Å². The lowest BCUT2D eigenvalue weighted by atomic mass is 10.2. The van der Waals surface area contributed by atoms with Gasteiger partial charge in [0.1, 0.15) is 0 Å². The van der Waals surface area contributed by atoms with E-state index < -0.39 is 4.92 Å². The molecule has 1 aromatic heterocycles. The second kappa shape index (κ2) is 5.67. The predicted octanol–water partition coefficient (Wildman–Crippen LogP) is 3.72. The first-order chi connectivity index (χ1) is 9.51. The first kappa shape index (κ1) is 14.0. The number of nitriles is 1. The van der Waals surface area contributed by atoms with Gasteiger partial charge in [-0.05, 0) is 46.6 Å². The van der Waals surface area contributed by atoms with E-state index in [2.05, 4.69) is 20.9 Å². The third-order valence-electron chi connectivity index (χ3n) is 2.44. The van der Waals surface area contributed by atoms with Crippen LogP contribution in [0.4, 0.5) is 5.69 Å². The van der Waals surface area contributed by atoms with Gasteiger partial charge in [-0.3, -0.25) is 10.1 Å². The number of nitro groups is 1. The summed E-state index contributed by atoms with van der Waals surface area (Å²) in [5, 5.41) is 19.8. The highest BCUT2D eigenvalue weighted by Gasteiger charge is 2.18. The summed E-state index contributed by atoms with van der Waals surface area (Å²) in [4.78, 5) is 14.5. The Morgan fingerprint density at radius 1 is 1.45 bits per heavy atom. The molecule has 0 saturated heterocycles. The van der Waals surface area contributed by atoms with Gasteiger partial charge in [0.05, 0.1) is 21.0 Å². The molecule has 1 aromatic carbocycles. The molecule has 20 heavy (non-hydrogen) atoms. The van der Waals surface area contributed by atoms with Crippen LogP contribution < -0.4 is 4.74 Å². The lowest BCUT2D eigenvalue weighted by Crippen LogP contribution is -1.96. The van der Waals surface area contributed by atoms with E-state index in [1.54, 1.807) is 12.3 Å². The topological polar surface area (TPSA) is 89.0 Å². The van der Waals surface area contributed by atoms with Crippen LogP contribution in [0.5, 0.6) is 11.6 Å². The average molecular weight is 334 g/mol. The van der Waals surface area contributed by atoms with Gasteiger partial charge >= 0.3 is 5.69 Å². The Bertz CT molecular complexity index is 725. The number of rotatable bonds is 3. The van der Waals surface area contributed by atoms with Crippen molar-refractivity contribution >= 4 is 21.6 Å². The lowest BCUT2D eigenvalue weighted by molar-refractivity contribution is -0.385. The summed E-state index contributed by atoms with van der Waals surface area (Å²) >= 11 is 3.28. The summed E-state index contributed by atoms with van der Waals surface area (Å²) in [6.45, 7) is 1.87. The quantitative estimate of drug-likeness (QED) is 0.630.